The second-order valence-electron chi connectivity index (χ2n) is 8.74. The Bertz CT molecular complexity index is 1320. The number of aryl methyl sites for hydroxylation is 1. The van der Waals surface area contributed by atoms with E-state index in [4.69, 9.17) is 0 Å². The van der Waals surface area contributed by atoms with Crippen LogP contribution in [0.5, 0.6) is 0 Å². The minimum atomic E-state index is -4.19. The number of hydrogen-bond acceptors (Lipinski definition) is 7. The van der Waals surface area contributed by atoms with Gasteiger partial charge in [-0.1, -0.05) is 0 Å². The van der Waals surface area contributed by atoms with E-state index in [0.29, 0.717) is 36.1 Å². The molecule has 9 nitrogen and oxygen atoms in total. The van der Waals surface area contributed by atoms with Crippen LogP contribution < -0.4 is 5.32 Å². The fraction of sp³-hybridized carbons (Fsp3) is 0.409. The molecule has 34 heavy (non-hydrogen) atoms. The van der Waals surface area contributed by atoms with Gasteiger partial charge in [-0.05, 0) is 26.8 Å². The molecule has 1 fully saturated rings. The van der Waals surface area contributed by atoms with Gasteiger partial charge in [-0.2, -0.15) is 18.3 Å². The third-order valence-corrected chi connectivity index (χ3v) is 5.75. The molecule has 1 aliphatic heterocycles. The fourth-order valence-corrected chi connectivity index (χ4v) is 4.28. The quantitative estimate of drug-likeness (QED) is 0.452. The Labute approximate surface area is 193 Å². The Morgan fingerprint density at radius 3 is 2.65 bits per heavy atom. The molecule has 5 heterocycles. The van der Waals surface area contributed by atoms with E-state index in [1.54, 1.807) is 35.5 Å². The van der Waals surface area contributed by atoms with Gasteiger partial charge >= 0.3 is 6.18 Å². The molecule has 0 aliphatic carbocycles. The van der Waals surface area contributed by atoms with E-state index in [2.05, 4.69) is 48.8 Å². The van der Waals surface area contributed by atoms with Crippen LogP contribution in [0.3, 0.4) is 0 Å². The monoisotopic (exact) mass is 471 g/mol. The number of fused-ring (bicyclic) bond motifs is 1. The molecule has 4 aromatic rings. The number of imidazole rings is 1. The number of pyridine rings is 1. The summed E-state index contributed by atoms with van der Waals surface area (Å²) in [6.45, 7) is 5.91. The van der Waals surface area contributed by atoms with Gasteiger partial charge in [0, 0.05) is 37.6 Å². The number of hydrogen-bond donors (Lipinski definition) is 1. The van der Waals surface area contributed by atoms with E-state index in [-0.39, 0.29) is 12.1 Å². The number of rotatable bonds is 6. The predicted molar refractivity (Wildman–Crippen MR) is 121 cm³/mol. The normalized spacial score (nSPS) is 15.3. The van der Waals surface area contributed by atoms with Crippen LogP contribution in [-0.2, 0) is 0 Å². The van der Waals surface area contributed by atoms with Crippen LogP contribution in [0, 0.1) is 6.92 Å². The molecule has 0 spiro atoms. The first-order valence-corrected chi connectivity index (χ1v) is 10.9. The molecule has 1 aliphatic rings. The number of anilines is 2. The number of alkyl halides is 3. The first kappa shape index (κ1) is 22.3. The summed E-state index contributed by atoms with van der Waals surface area (Å²) in [4.78, 5) is 19.3. The smallest absolute Gasteiger partial charge is 0.326 e. The second-order valence-corrected chi connectivity index (χ2v) is 8.74. The van der Waals surface area contributed by atoms with Gasteiger partial charge in [0.15, 0.2) is 5.82 Å². The van der Waals surface area contributed by atoms with Crippen LogP contribution in [0.1, 0.15) is 31.8 Å². The molecule has 0 radical (unpaired) electrons. The van der Waals surface area contributed by atoms with Crippen molar-refractivity contribution in [3.63, 3.8) is 0 Å². The molecule has 4 aromatic heterocycles. The highest BCUT2D eigenvalue weighted by Crippen LogP contribution is 2.28. The Kier molecular flexibility index (Phi) is 5.47. The topological polar surface area (TPSA) is 89.6 Å². The van der Waals surface area contributed by atoms with Gasteiger partial charge in [0.2, 0.25) is 0 Å². The maximum Gasteiger partial charge on any atom is 0.401 e. The van der Waals surface area contributed by atoms with Crippen molar-refractivity contribution in [2.75, 3.05) is 25.0 Å². The summed E-state index contributed by atoms with van der Waals surface area (Å²) >= 11 is 0. The zero-order chi connectivity index (χ0) is 24.0. The highest BCUT2D eigenvalue weighted by atomic mass is 19.4. The first-order valence-electron chi connectivity index (χ1n) is 10.9. The molecule has 0 saturated carbocycles. The SMILES string of the molecule is Cc1nc2cnc(Nc3ccnc(-c4cnn(C5CN(CC(F)(F)F)C5)c4)n3)cc2n1C(C)C. The van der Waals surface area contributed by atoms with E-state index in [1.165, 1.54) is 4.90 Å². The van der Waals surface area contributed by atoms with E-state index in [9.17, 15) is 13.2 Å². The zero-order valence-corrected chi connectivity index (χ0v) is 19.0. The summed E-state index contributed by atoms with van der Waals surface area (Å²) in [5, 5.41) is 7.53. The van der Waals surface area contributed by atoms with Gasteiger partial charge in [0.05, 0.1) is 36.1 Å². The number of nitrogens with zero attached hydrogens (tertiary/aromatic N) is 8. The van der Waals surface area contributed by atoms with E-state index < -0.39 is 12.7 Å². The molecular formula is C22H24F3N9. The summed E-state index contributed by atoms with van der Waals surface area (Å²) in [6, 6.07) is 3.85. The van der Waals surface area contributed by atoms with Crippen molar-refractivity contribution < 1.29 is 13.2 Å². The van der Waals surface area contributed by atoms with Crippen LogP contribution in [0.2, 0.25) is 0 Å². The second kappa shape index (κ2) is 8.35. The lowest BCUT2D eigenvalue weighted by Gasteiger charge is -2.39. The van der Waals surface area contributed by atoms with E-state index in [1.807, 2.05) is 13.0 Å². The molecule has 1 N–H and O–H groups in total. The Morgan fingerprint density at radius 2 is 1.91 bits per heavy atom. The average molecular weight is 471 g/mol. The van der Waals surface area contributed by atoms with Crippen molar-refractivity contribution in [1.82, 2.24) is 39.2 Å². The highest BCUT2D eigenvalue weighted by Gasteiger charge is 2.38. The molecule has 0 amide bonds. The summed E-state index contributed by atoms with van der Waals surface area (Å²) in [7, 11) is 0. The van der Waals surface area contributed by atoms with Crippen molar-refractivity contribution in [1.29, 1.82) is 0 Å². The third kappa shape index (κ3) is 4.45. The highest BCUT2D eigenvalue weighted by molar-refractivity contribution is 5.79. The van der Waals surface area contributed by atoms with Crippen molar-refractivity contribution in [2.45, 2.75) is 39.0 Å². The van der Waals surface area contributed by atoms with Crippen molar-refractivity contribution in [3.8, 4) is 11.4 Å². The van der Waals surface area contributed by atoms with Crippen molar-refractivity contribution >= 4 is 22.7 Å². The molecule has 12 heteroatoms. The lowest BCUT2D eigenvalue weighted by Crippen LogP contribution is -2.51. The van der Waals surface area contributed by atoms with Gasteiger partial charge in [0.25, 0.3) is 0 Å². The number of likely N-dealkylation sites (tertiary alicyclic amines) is 1. The molecule has 1 saturated heterocycles. The number of halogens is 3. The maximum absolute atomic E-state index is 12.5. The lowest BCUT2D eigenvalue weighted by molar-refractivity contribution is -0.157. The minimum Gasteiger partial charge on any atom is -0.326 e. The molecular weight excluding hydrogens is 447 g/mol. The van der Waals surface area contributed by atoms with Crippen LogP contribution in [0.15, 0.2) is 36.9 Å². The van der Waals surface area contributed by atoms with Gasteiger partial charge in [-0.15, -0.1) is 0 Å². The van der Waals surface area contributed by atoms with Crippen LogP contribution >= 0.6 is 0 Å². The Hall–Kier alpha value is -3.54. The van der Waals surface area contributed by atoms with Gasteiger partial charge in [-0.25, -0.2) is 19.9 Å². The van der Waals surface area contributed by atoms with Crippen LogP contribution in [0.4, 0.5) is 24.8 Å². The van der Waals surface area contributed by atoms with Gasteiger partial charge in [0.1, 0.15) is 23.0 Å². The van der Waals surface area contributed by atoms with Crippen molar-refractivity contribution in [2.24, 2.45) is 0 Å². The lowest BCUT2D eigenvalue weighted by atomic mass is 10.1. The summed E-state index contributed by atoms with van der Waals surface area (Å²) in [6.07, 6.45) is 2.57. The van der Waals surface area contributed by atoms with Crippen LogP contribution in [0.25, 0.3) is 22.4 Å². The molecule has 5 rings (SSSR count). The standard InChI is InChI=1S/C22H24F3N9/c1-13(2)34-14(3)29-17-8-27-20(6-18(17)34)30-19-4-5-26-21(31-19)15-7-28-33(9-15)16-10-32(11-16)12-22(23,24)25/h4-9,13,16H,10-12H2,1-3H3,(H,26,27,30,31). The molecule has 0 aromatic carbocycles. The maximum atomic E-state index is 12.5. The van der Waals surface area contributed by atoms with Crippen LogP contribution in [-0.4, -0.2) is 65.0 Å². The summed E-state index contributed by atoms with van der Waals surface area (Å²) in [5.74, 6) is 2.59. The van der Waals surface area contributed by atoms with Gasteiger partial charge < -0.3 is 9.88 Å². The fourth-order valence-electron chi connectivity index (χ4n) is 4.28. The molecule has 0 unspecified atom stereocenters. The molecule has 0 bridgehead atoms. The van der Waals surface area contributed by atoms with E-state index in [0.717, 1.165) is 16.9 Å². The summed E-state index contributed by atoms with van der Waals surface area (Å²) < 4.78 is 41.4. The molecule has 178 valence electrons. The predicted octanol–water partition coefficient (Wildman–Crippen LogP) is 4.14. The third-order valence-electron chi connectivity index (χ3n) is 5.75. The van der Waals surface area contributed by atoms with Gasteiger partial charge in [-0.3, -0.25) is 9.58 Å². The van der Waals surface area contributed by atoms with Crippen molar-refractivity contribution in [3.05, 3.63) is 42.7 Å². The minimum absolute atomic E-state index is 0.0948. The number of nitrogens with one attached hydrogen (secondary N) is 1. The zero-order valence-electron chi connectivity index (χ0n) is 19.0. The molecule has 0 atom stereocenters. The van der Waals surface area contributed by atoms with E-state index >= 15 is 0 Å². The summed E-state index contributed by atoms with van der Waals surface area (Å²) in [5.41, 5.74) is 2.51. The average Bonchev–Trinajstić information content (AvgIpc) is 3.33. The largest absolute Gasteiger partial charge is 0.401 e. The first-order chi connectivity index (χ1) is 16.2. The number of aromatic nitrogens is 7. The Morgan fingerprint density at radius 1 is 1.12 bits per heavy atom. The Balaban J connectivity index is 1.31.